The number of nitrogens with two attached hydrogens (primary N) is 1. The number of anilines is 1. The summed E-state index contributed by atoms with van der Waals surface area (Å²) >= 11 is 3.42. The van der Waals surface area contributed by atoms with Crippen LogP contribution >= 0.6 is 15.9 Å². The molecule has 0 saturated carbocycles. The molecule has 0 aromatic heterocycles. The first kappa shape index (κ1) is 17.0. The van der Waals surface area contributed by atoms with Crippen LogP contribution in [0.3, 0.4) is 0 Å². The van der Waals surface area contributed by atoms with Crippen molar-refractivity contribution in [3.63, 3.8) is 0 Å². The average molecular weight is 341 g/mol. The van der Waals surface area contributed by atoms with Crippen molar-refractivity contribution in [2.75, 3.05) is 12.3 Å². The molecule has 1 unspecified atom stereocenters. The number of nitrogens with zero attached hydrogens (tertiary/aromatic N) is 1. The summed E-state index contributed by atoms with van der Waals surface area (Å²) in [5, 5.41) is 0. The predicted octanol–water partition coefficient (Wildman–Crippen LogP) is 4.38. The van der Waals surface area contributed by atoms with Crippen molar-refractivity contribution >= 4 is 27.5 Å². The van der Waals surface area contributed by atoms with Gasteiger partial charge in [-0.3, -0.25) is 4.79 Å². The molecule has 4 heteroatoms. The third kappa shape index (κ3) is 3.98. The minimum atomic E-state index is 0.0818. The average Bonchev–Trinajstić information content (AvgIpc) is 2.42. The van der Waals surface area contributed by atoms with Gasteiger partial charge < -0.3 is 10.6 Å². The van der Waals surface area contributed by atoms with Crippen molar-refractivity contribution in [3.8, 4) is 0 Å². The largest absolute Gasteiger partial charge is 0.398 e. The number of rotatable bonds is 6. The molecule has 0 heterocycles. The predicted molar refractivity (Wildman–Crippen MR) is 89.0 cm³/mol. The Labute approximate surface area is 130 Å². The molecular weight excluding hydrogens is 316 g/mol. The van der Waals surface area contributed by atoms with Gasteiger partial charge in [0.1, 0.15) is 0 Å². The van der Waals surface area contributed by atoms with E-state index in [4.69, 9.17) is 5.73 Å². The Bertz CT molecular complexity index is 474. The van der Waals surface area contributed by atoms with Crippen LogP contribution in [0.2, 0.25) is 0 Å². The van der Waals surface area contributed by atoms with Gasteiger partial charge >= 0.3 is 0 Å². The van der Waals surface area contributed by atoms with E-state index in [1.165, 1.54) is 0 Å². The van der Waals surface area contributed by atoms with Crippen LogP contribution < -0.4 is 5.73 Å². The van der Waals surface area contributed by atoms with Gasteiger partial charge in [0, 0.05) is 28.3 Å². The van der Waals surface area contributed by atoms with Crippen LogP contribution in [0.1, 0.15) is 56.0 Å². The molecule has 2 N–H and O–H groups in total. The standard InChI is InChI=1S/C16H25BrN2O/c1-5-7-8-19(11(3)6-2)16(20)14-9-13(17)10-15(18)12(14)4/h9-11H,5-8,18H2,1-4H3. The zero-order valence-corrected chi connectivity index (χ0v) is 14.5. The van der Waals surface area contributed by atoms with Gasteiger partial charge in [0.25, 0.3) is 5.91 Å². The van der Waals surface area contributed by atoms with Crippen LogP contribution in [0.5, 0.6) is 0 Å². The number of halogens is 1. The monoisotopic (exact) mass is 340 g/mol. The second-order valence-electron chi connectivity index (χ2n) is 5.28. The fourth-order valence-electron chi connectivity index (χ4n) is 2.15. The number of carbonyl (C=O) groups is 1. The minimum absolute atomic E-state index is 0.0818. The third-order valence-electron chi connectivity index (χ3n) is 3.78. The van der Waals surface area contributed by atoms with Gasteiger partial charge in [-0.25, -0.2) is 0 Å². The quantitative estimate of drug-likeness (QED) is 0.781. The van der Waals surface area contributed by atoms with Crippen LogP contribution in [-0.4, -0.2) is 23.4 Å². The van der Waals surface area contributed by atoms with E-state index in [1.807, 2.05) is 24.0 Å². The van der Waals surface area contributed by atoms with E-state index in [1.54, 1.807) is 0 Å². The first-order valence-electron chi connectivity index (χ1n) is 7.28. The second kappa shape index (κ2) is 7.67. The molecule has 0 spiro atoms. The molecule has 20 heavy (non-hydrogen) atoms. The van der Waals surface area contributed by atoms with E-state index in [0.717, 1.165) is 35.8 Å². The number of amides is 1. The van der Waals surface area contributed by atoms with Crippen molar-refractivity contribution in [1.29, 1.82) is 0 Å². The van der Waals surface area contributed by atoms with Crippen molar-refractivity contribution in [2.45, 2.75) is 53.0 Å². The Morgan fingerprint density at radius 2 is 2.05 bits per heavy atom. The molecule has 1 aromatic carbocycles. The molecule has 0 fully saturated rings. The van der Waals surface area contributed by atoms with Gasteiger partial charge in [0.05, 0.1) is 0 Å². The van der Waals surface area contributed by atoms with Gasteiger partial charge in [0.2, 0.25) is 0 Å². The molecule has 0 saturated heterocycles. The normalized spacial score (nSPS) is 12.2. The number of hydrogen-bond donors (Lipinski definition) is 1. The Morgan fingerprint density at radius 3 is 2.60 bits per heavy atom. The fourth-order valence-corrected chi connectivity index (χ4v) is 2.62. The summed E-state index contributed by atoms with van der Waals surface area (Å²) in [7, 11) is 0. The Hall–Kier alpha value is -1.03. The molecular formula is C16H25BrN2O. The molecule has 0 aliphatic rings. The van der Waals surface area contributed by atoms with Crippen LogP contribution in [0.15, 0.2) is 16.6 Å². The highest BCUT2D eigenvalue weighted by atomic mass is 79.9. The first-order chi connectivity index (χ1) is 9.42. The molecule has 1 aromatic rings. The van der Waals surface area contributed by atoms with Gasteiger partial charge in [-0.1, -0.05) is 36.2 Å². The summed E-state index contributed by atoms with van der Waals surface area (Å²) in [6, 6.07) is 3.95. The SMILES string of the molecule is CCCCN(C(=O)c1cc(Br)cc(N)c1C)C(C)CC. The van der Waals surface area contributed by atoms with Gasteiger partial charge in [-0.15, -0.1) is 0 Å². The summed E-state index contributed by atoms with van der Waals surface area (Å²) in [5.41, 5.74) is 8.19. The highest BCUT2D eigenvalue weighted by Gasteiger charge is 2.22. The summed E-state index contributed by atoms with van der Waals surface area (Å²) in [5.74, 6) is 0.0818. The topological polar surface area (TPSA) is 46.3 Å². The molecule has 1 atom stereocenters. The smallest absolute Gasteiger partial charge is 0.254 e. The highest BCUT2D eigenvalue weighted by Crippen LogP contribution is 2.25. The van der Waals surface area contributed by atoms with Crippen LogP contribution in [-0.2, 0) is 0 Å². The van der Waals surface area contributed by atoms with Crippen molar-refractivity contribution < 1.29 is 4.79 Å². The number of nitrogen functional groups attached to an aromatic ring is 1. The van der Waals surface area contributed by atoms with E-state index in [9.17, 15) is 4.79 Å². The molecule has 0 aliphatic heterocycles. The lowest BCUT2D eigenvalue weighted by Gasteiger charge is -2.29. The Kier molecular flexibility index (Phi) is 6.53. The lowest BCUT2D eigenvalue weighted by atomic mass is 10.0. The molecule has 0 aliphatic carbocycles. The van der Waals surface area contributed by atoms with Crippen LogP contribution in [0, 0.1) is 6.92 Å². The summed E-state index contributed by atoms with van der Waals surface area (Å²) in [4.78, 5) is 14.8. The third-order valence-corrected chi connectivity index (χ3v) is 4.24. The number of unbranched alkanes of at least 4 members (excludes halogenated alkanes) is 1. The molecule has 3 nitrogen and oxygen atoms in total. The van der Waals surface area contributed by atoms with Crippen LogP contribution in [0.25, 0.3) is 0 Å². The second-order valence-corrected chi connectivity index (χ2v) is 6.19. The molecule has 0 bridgehead atoms. The maximum atomic E-state index is 12.8. The van der Waals surface area contributed by atoms with Crippen LogP contribution in [0.4, 0.5) is 5.69 Å². The molecule has 0 radical (unpaired) electrons. The first-order valence-corrected chi connectivity index (χ1v) is 8.08. The van der Waals surface area contributed by atoms with Crippen molar-refractivity contribution in [1.82, 2.24) is 4.90 Å². The Morgan fingerprint density at radius 1 is 1.40 bits per heavy atom. The lowest BCUT2D eigenvalue weighted by Crippen LogP contribution is -2.39. The van der Waals surface area contributed by atoms with Gasteiger partial charge in [-0.2, -0.15) is 0 Å². The zero-order valence-electron chi connectivity index (χ0n) is 12.9. The number of hydrogen-bond acceptors (Lipinski definition) is 2. The lowest BCUT2D eigenvalue weighted by molar-refractivity contribution is 0.0684. The maximum absolute atomic E-state index is 12.8. The summed E-state index contributed by atoms with van der Waals surface area (Å²) in [6.07, 6.45) is 3.07. The summed E-state index contributed by atoms with van der Waals surface area (Å²) < 4.78 is 0.851. The van der Waals surface area contributed by atoms with Gasteiger partial charge in [-0.05, 0) is 44.4 Å². The van der Waals surface area contributed by atoms with Crippen molar-refractivity contribution in [3.05, 3.63) is 27.7 Å². The van der Waals surface area contributed by atoms with E-state index in [-0.39, 0.29) is 11.9 Å². The maximum Gasteiger partial charge on any atom is 0.254 e. The zero-order chi connectivity index (χ0) is 15.3. The van der Waals surface area contributed by atoms with E-state index in [0.29, 0.717) is 11.3 Å². The molecule has 1 rings (SSSR count). The Balaban J connectivity index is 3.11. The molecule has 112 valence electrons. The fraction of sp³-hybridized carbons (Fsp3) is 0.562. The minimum Gasteiger partial charge on any atom is -0.398 e. The van der Waals surface area contributed by atoms with E-state index in [2.05, 4.69) is 36.7 Å². The highest BCUT2D eigenvalue weighted by molar-refractivity contribution is 9.10. The number of benzene rings is 1. The molecule has 1 amide bonds. The number of carbonyl (C=O) groups excluding carboxylic acids is 1. The van der Waals surface area contributed by atoms with E-state index < -0.39 is 0 Å². The van der Waals surface area contributed by atoms with Gasteiger partial charge in [0.15, 0.2) is 0 Å². The summed E-state index contributed by atoms with van der Waals surface area (Å²) in [6.45, 7) is 9.06. The van der Waals surface area contributed by atoms with E-state index >= 15 is 0 Å². The van der Waals surface area contributed by atoms with Crippen molar-refractivity contribution in [2.24, 2.45) is 0 Å².